The largest absolute Gasteiger partial charge is 0.373 e. The number of rotatable bonds is 8. The topological polar surface area (TPSA) is 101 Å². The molecule has 0 aliphatic carbocycles. The predicted octanol–water partition coefficient (Wildman–Crippen LogP) is 2.31. The Morgan fingerprint density at radius 2 is 2.18 bits per heavy atom. The molecule has 0 amide bonds. The van der Waals surface area contributed by atoms with Crippen LogP contribution < -0.4 is 10.6 Å². The maximum Gasteiger partial charge on any atom is 0.223 e. The van der Waals surface area contributed by atoms with Gasteiger partial charge in [0, 0.05) is 38.2 Å². The second-order valence-corrected chi connectivity index (χ2v) is 7.01. The van der Waals surface area contributed by atoms with Crippen molar-refractivity contribution in [2.45, 2.75) is 19.3 Å². The second-order valence-electron chi connectivity index (χ2n) is 6.09. The third-order valence-corrected chi connectivity index (χ3v) is 4.99. The quantitative estimate of drug-likeness (QED) is 0.391. The van der Waals surface area contributed by atoms with Crippen molar-refractivity contribution in [2.75, 3.05) is 11.9 Å². The molecule has 4 rings (SSSR count). The molecule has 1 atom stereocenters. The number of pyridine rings is 1. The minimum Gasteiger partial charge on any atom is -0.373 e. The Labute approximate surface area is 164 Å². The van der Waals surface area contributed by atoms with Gasteiger partial charge in [0.2, 0.25) is 5.95 Å². The number of aliphatic hydroxyl groups excluding tert-OH is 1. The normalized spacial score (nSPS) is 12.4. The van der Waals surface area contributed by atoms with Crippen LogP contribution in [0.15, 0.2) is 48.6 Å². The highest BCUT2D eigenvalue weighted by molar-refractivity contribution is 7.17. The predicted molar refractivity (Wildman–Crippen MR) is 104 cm³/mol. The molecule has 0 radical (unpaired) electrons. The van der Waals surface area contributed by atoms with E-state index in [9.17, 15) is 9.50 Å². The first kappa shape index (κ1) is 18.4. The third kappa shape index (κ3) is 4.30. The zero-order valence-electron chi connectivity index (χ0n) is 14.8. The second kappa shape index (κ2) is 8.38. The molecule has 0 aliphatic rings. The number of anilines is 1. The van der Waals surface area contributed by atoms with Gasteiger partial charge in [-0.3, -0.25) is 10.3 Å². The van der Waals surface area contributed by atoms with Gasteiger partial charge in [-0.15, -0.1) is 11.3 Å². The van der Waals surface area contributed by atoms with Crippen LogP contribution in [0.25, 0.3) is 10.2 Å². The fraction of sp³-hybridized carbons (Fsp3) is 0.222. The van der Waals surface area contributed by atoms with Gasteiger partial charge in [0.05, 0.1) is 22.7 Å². The van der Waals surface area contributed by atoms with Crippen molar-refractivity contribution in [3.63, 3.8) is 0 Å². The number of hydrogen-bond acceptors (Lipinski definition) is 8. The lowest BCUT2D eigenvalue weighted by atomic mass is 10.3. The summed E-state index contributed by atoms with van der Waals surface area (Å²) >= 11 is 1.47. The standard InChI is InChI=1S/C18H18FN7OS/c19-13-7-12(8-21-10-13)9-23-18-24-14-1-6-28-16(14)15(25-18)17(27)22-3-5-26-4-2-20-11-26/h1-2,4,6-8,10-11,17,22,27H,3,5,9H2,(H,23,24,25). The summed E-state index contributed by atoms with van der Waals surface area (Å²) in [4.78, 5) is 16.7. The Bertz CT molecular complexity index is 1050. The van der Waals surface area contributed by atoms with E-state index in [1.165, 1.54) is 17.4 Å². The Hall–Kier alpha value is -2.95. The molecule has 3 N–H and O–H groups in total. The van der Waals surface area contributed by atoms with Crippen LogP contribution in [0, 0.1) is 5.82 Å². The zero-order valence-corrected chi connectivity index (χ0v) is 15.6. The van der Waals surface area contributed by atoms with Crippen LogP contribution in [0.3, 0.4) is 0 Å². The molecule has 0 saturated heterocycles. The molecule has 8 nitrogen and oxygen atoms in total. The molecular formula is C18H18FN7OS. The molecule has 144 valence electrons. The number of thiophene rings is 1. The van der Waals surface area contributed by atoms with Crippen LogP contribution in [0.4, 0.5) is 10.3 Å². The van der Waals surface area contributed by atoms with Crippen molar-refractivity contribution in [1.29, 1.82) is 0 Å². The van der Waals surface area contributed by atoms with Crippen LogP contribution in [-0.4, -0.2) is 36.2 Å². The fourth-order valence-corrected chi connectivity index (χ4v) is 3.58. The zero-order chi connectivity index (χ0) is 19.3. The Balaban J connectivity index is 1.48. The van der Waals surface area contributed by atoms with Gasteiger partial charge in [-0.2, -0.15) is 0 Å². The number of fused-ring (bicyclic) bond motifs is 1. The highest BCUT2D eigenvalue weighted by Crippen LogP contribution is 2.27. The smallest absolute Gasteiger partial charge is 0.223 e. The van der Waals surface area contributed by atoms with Gasteiger partial charge < -0.3 is 15.0 Å². The summed E-state index contributed by atoms with van der Waals surface area (Å²) in [6.07, 6.45) is 7.08. The van der Waals surface area contributed by atoms with Gasteiger partial charge in [0.25, 0.3) is 0 Å². The average Bonchev–Trinajstić information content (AvgIpc) is 3.37. The first-order valence-corrected chi connectivity index (χ1v) is 9.52. The third-order valence-electron chi connectivity index (χ3n) is 4.07. The van der Waals surface area contributed by atoms with Gasteiger partial charge in [0.15, 0.2) is 0 Å². The minimum atomic E-state index is -0.941. The molecular weight excluding hydrogens is 381 g/mol. The summed E-state index contributed by atoms with van der Waals surface area (Å²) in [6, 6.07) is 3.27. The van der Waals surface area contributed by atoms with E-state index < -0.39 is 12.0 Å². The molecule has 4 aromatic rings. The number of imidazole rings is 1. The first-order valence-electron chi connectivity index (χ1n) is 8.64. The molecule has 4 aromatic heterocycles. The van der Waals surface area contributed by atoms with Crippen molar-refractivity contribution in [2.24, 2.45) is 0 Å². The summed E-state index contributed by atoms with van der Waals surface area (Å²) in [5.41, 5.74) is 1.92. The Morgan fingerprint density at radius 3 is 3.00 bits per heavy atom. The molecule has 0 aliphatic heterocycles. The highest BCUT2D eigenvalue weighted by Gasteiger charge is 2.16. The molecule has 0 bridgehead atoms. The molecule has 0 saturated carbocycles. The van der Waals surface area contributed by atoms with Gasteiger partial charge in [-0.25, -0.2) is 19.3 Å². The van der Waals surface area contributed by atoms with E-state index in [4.69, 9.17) is 0 Å². The van der Waals surface area contributed by atoms with E-state index in [0.29, 0.717) is 36.8 Å². The van der Waals surface area contributed by atoms with Gasteiger partial charge in [0.1, 0.15) is 17.7 Å². The van der Waals surface area contributed by atoms with Gasteiger partial charge in [-0.05, 0) is 23.1 Å². The van der Waals surface area contributed by atoms with E-state index in [1.807, 2.05) is 22.2 Å². The van der Waals surface area contributed by atoms with Gasteiger partial charge in [-0.1, -0.05) is 0 Å². The van der Waals surface area contributed by atoms with Crippen LogP contribution in [0.2, 0.25) is 0 Å². The lowest BCUT2D eigenvalue weighted by Gasteiger charge is -2.15. The van der Waals surface area contributed by atoms with E-state index in [-0.39, 0.29) is 0 Å². The molecule has 28 heavy (non-hydrogen) atoms. The summed E-state index contributed by atoms with van der Waals surface area (Å²) in [6.45, 7) is 1.55. The van der Waals surface area contributed by atoms with E-state index >= 15 is 0 Å². The number of nitrogens with one attached hydrogen (secondary N) is 2. The van der Waals surface area contributed by atoms with Crippen molar-refractivity contribution >= 4 is 27.5 Å². The van der Waals surface area contributed by atoms with Crippen LogP contribution >= 0.6 is 11.3 Å². The maximum absolute atomic E-state index is 13.3. The van der Waals surface area contributed by atoms with E-state index in [0.717, 1.165) is 16.4 Å². The molecule has 1 unspecified atom stereocenters. The minimum absolute atomic E-state index is 0.323. The first-order chi connectivity index (χ1) is 13.7. The summed E-state index contributed by atoms with van der Waals surface area (Å²) in [5.74, 6) is -0.0349. The molecule has 4 heterocycles. The molecule has 10 heteroatoms. The van der Waals surface area contributed by atoms with Gasteiger partial charge >= 0.3 is 0 Å². The Kier molecular flexibility index (Phi) is 5.51. The number of halogens is 1. The van der Waals surface area contributed by atoms with E-state index in [1.54, 1.807) is 18.7 Å². The SMILES string of the molecule is OC(NCCn1ccnc1)c1nc(NCc2cncc(F)c2)nc2ccsc12. The number of aliphatic hydroxyl groups is 1. The van der Waals surface area contributed by atoms with Crippen LogP contribution in [-0.2, 0) is 13.1 Å². The van der Waals surface area contributed by atoms with Crippen molar-refractivity contribution in [1.82, 2.24) is 29.8 Å². The Morgan fingerprint density at radius 1 is 1.25 bits per heavy atom. The summed E-state index contributed by atoms with van der Waals surface area (Å²) in [5, 5.41) is 18.6. The lowest BCUT2D eigenvalue weighted by molar-refractivity contribution is 0.135. The number of hydrogen-bond donors (Lipinski definition) is 3. The van der Waals surface area contributed by atoms with E-state index in [2.05, 4.69) is 30.6 Å². The number of aromatic nitrogens is 5. The maximum atomic E-state index is 13.3. The fourth-order valence-electron chi connectivity index (χ4n) is 2.73. The summed E-state index contributed by atoms with van der Waals surface area (Å²) < 4.78 is 16.0. The monoisotopic (exact) mass is 399 g/mol. The van der Waals surface area contributed by atoms with Crippen molar-refractivity contribution < 1.29 is 9.50 Å². The molecule has 0 fully saturated rings. The molecule has 0 aromatic carbocycles. The van der Waals surface area contributed by atoms with Crippen molar-refractivity contribution in [3.05, 3.63) is 65.7 Å². The average molecular weight is 399 g/mol. The van der Waals surface area contributed by atoms with Crippen LogP contribution in [0.5, 0.6) is 0 Å². The lowest BCUT2D eigenvalue weighted by Crippen LogP contribution is -2.26. The van der Waals surface area contributed by atoms with Crippen molar-refractivity contribution in [3.8, 4) is 0 Å². The highest BCUT2D eigenvalue weighted by atomic mass is 32.1. The number of nitrogens with zero attached hydrogens (tertiary/aromatic N) is 5. The molecule has 0 spiro atoms. The summed E-state index contributed by atoms with van der Waals surface area (Å²) in [7, 11) is 0. The van der Waals surface area contributed by atoms with Crippen LogP contribution in [0.1, 0.15) is 17.5 Å².